The van der Waals surface area contributed by atoms with Crippen LogP contribution in [0, 0.1) is 0 Å². The molecule has 0 aliphatic carbocycles. The van der Waals surface area contributed by atoms with E-state index in [0.29, 0.717) is 0 Å². The molecule has 0 amide bonds. The minimum atomic E-state index is 0.896. The molecular weight excluding hydrogens is 823 g/mol. The molecule has 12 rings (SSSR count). The number of hydrogen-bond donors (Lipinski definition) is 0. The number of para-hydroxylation sites is 3. The van der Waals surface area contributed by atoms with Crippen molar-refractivity contribution in [2.75, 3.05) is 4.90 Å². The van der Waals surface area contributed by atoms with Gasteiger partial charge in [0.2, 0.25) is 0 Å². The normalized spacial score (nSPS) is 11.2. The first kappa shape index (κ1) is 40.5. The first-order chi connectivity index (χ1) is 33.7. The second-order valence-corrected chi connectivity index (χ2v) is 17.2. The number of anilines is 3. The minimum Gasteiger partial charge on any atom is -0.455 e. The Labute approximate surface area is 397 Å². The molecule has 0 saturated carbocycles. The third kappa shape index (κ3) is 7.64. The fourth-order valence-corrected chi connectivity index (χ4v) is 9.82. The van der Waals surface area contributed by atoms with Crippen LogP contribution in [0.3, 0.4) is 0 Å². The van der Waals surface area contributed by atoms with Crippen molar-refractivity contribution in [1.29, 1.82) is 0 Å². The van der Waals surface area contributed by atoms with E-state index in [0.717, 1.165) is 66.8 Å². The molecule has 2 nitrogen and oxygen atoms in total. The van der Waals surface area contributed by atoms with E-state index in [9.17, 15) is 0 Å². The van der Waals surface area contributed by atoms with Crippen LogP contribution in [-0.4, -0.2) is 0 Å². The fraction of sp³-hybridized carbons (Fsp3) is 0. The SMILES string of the molecule is c1ccc(-c2cc(-c3ccccc3)cc(-c3ccc(N(c4ccc(-c5cccc6c5oc5ccccc56)cc4)c4ccccc4-c4ccccc4-c4ccccc4-c4ccccc4)cc3)c2)cc1. The van der Waals surface area contributed by atoms with E-state index in [2.05, 4.69) is 266 Å². The third-order valence-electron chi connectivity index (χ3n) is 13.1. The third-order valence-corrected chi connectivity index (χ3v) is 13.1. The molecule has 12 aromatic rings. The molecular formula is C66H45NO. The maximum absolute atomic E-state index is 6.51. The van der Waals surface area contributed by atoms with Crippen LogP contribution in [0.2, 0.25) is 0 Å². The van der Waals surface area contributed by atoms with Crippen LogP contribution in [0.15, 0.2) is 277 Å². The van der Waals surface area contributed by atoms with Crippen LogP contribution in [0.25, 0.3) is 99.8 Å². The summed E-state index contributed by atoms with van der Waals surface area (Å²) in [5.41, 5.74) is 21.3. The summed E-state index contributed by atoms with van der Waals surface area (Å²) in [5, 5.41) is 2.25. The zero-order valence-corrected chi connectivity index (χ0v) is 37.3. The second-order valence-electron chi connectivity index (χ2n) is 17.2. The van der Waals surface area contributed by atoms with E-state index in [-0.39, 0.29) is 0 Å². The fourth-order valence-electron chi connectivity index (χ4n) is 9.82. The summed E-state index contributed by atoms with van der Waals surface area (Å²) in [6.07, 6.45) is 0. The summed E-state index contributed by atoms with van der Waals surface area (Å²) in [4.78, 5) is 2.40. The molecule has 1 aromatic heterocycles. The maximum atomic E-state index is 6.51. The van der Waals surface area contributed by atoms with Gasteiger partial charge in [0.25, 0.3) is 0 Å². The molecule has 68 heavy (non-hydrogen) atoms. The molecule has 0 spiro atoms. The van der Waals surface area contributed by atoms with Gasteiger partial charge in [-0.3, -0.25) is 0 Å². The van der Waals surface area contributed by atoms with Crippen LogP contribution in [0.4, 0.5) is 17.1 Å². The van der Waals surface area contributed by atoms with Gasteiger partial charge in [0, 0.05) is 33.3 Å². The standard InChI is InChI=1S/C66H45NO/c1-4-19-46(20-5-1)51-43-52(47-21-6-2-7-22-47)45-53(44-51)48-35-39-54(40-36-48)67(55-41-37-50(38-42-55)57-31-18-32-63-62-30-15-17-34-65(62)68-66(57)63)64-33-16-14-29-61(64)60-28-13-12-27-59(60)58-26-11-10-25-56(58)49-23-8-3-9-24-49/h1-45H. The van der Waals surface area contributed by atoms with Crippen molar-refractivity contribution in [3.05, 3.63) is 273 Å². The van der Waals surface area contributed by atoms with E-state index in [1.807, 2.05) is 12.1 Å². The number of nitrogens with zero attached hydrogens (tertiary/aromatic N) is 1. The summed E-state index contributed by atoms with van der Waals surface area (Å²) in [6, 6.07) is 98.1. The monoisotopic (exact) mass is 867 g/mol. The van der Waals surface area contributed by atoms with E-state index in [4.69, 9.17) is 4.42 Å². The van der Waals surface area contributed by atoms with Gasteiger partial charge in [0.15, 0.2) is 0 Å². The van der Waals surface area contributed by atoms with E-state index < -0.39 is 0 Å². The van der Waals surface area contributed by atoms with Crippen LogP contribution in [-0.2, 0) is 0 Å². The van der Waals surface area contributed by atoms with Gasteiger partial charge in [-0.15, -0.1) is 0 Å². The van der Waals surface area contributed by atoms with Gasteiger partial charge >= 0.3 is 0 Å². The number of furan rings is 1. The lowest BCUT2D eigenvalue weighted by Gasteiger charge is -2.29. The van der Waals surface area contributed by atoms with Gasteiger partial charge in [-0.1, -0.05) is 218 Å². The lowest BCUT2D eigenvalue weighted by molar-refractivity contribution is 0.670. The molecule has 0 N–H and O–H groups in total. The maximum Gasteiger partial charge on any atom is 0.143 e. The van der Waals surface area contributed by atoms with Crippen LogP contribution < -0.4 is 4.90 Å². The highest BCUT2D eigenvalue weighted by Gasteiger charge is 2.21. The molecule has 0 aliphatic heterocycles. The largest absolute Gasteiger partial charge is 0.455 e. The van der Waals surface area contributed by atoms with Gasteiger partial charge < -0.3 is 9.32 Å². The Bertz CT molecular complexity index is 3650. The molecule has 0 radical (unpaired) electrons. The molecule has 11 aromatic carbocycles. The topological polar surface area (TPSA) is 16.4 Å². The lowest BCUT2D eigenvalue weighted by Crippen LogP contribution is -2.11. The van der Waals surface area contributed by atoms with Crippen molar-refractivity contribution in [3.63, 3.8) is 0 Å². The van der Waals surface area contributed by atoms with Crippen LogP contribution in [0.1, 0.15) is 0 Å². The summed E-state index contributed by atoms with van der Waals surface area (Å²) in [5.74, 6) is 0. The second kappa shape index (κ2) is 17.8. The molecule has 0 saturated heterocycles. The molecule has 0 bridgehead atoms. The number of rotatable bonds is 10. The van der Waals surface area contributed by atoms with Gasteiger partial charge in [-0.2, -0.15) is 0 Å². The van der Waals surface area contributed by atoms with Gasteiger partial charge in [-0.05, 0) is 121 Å². The Balaban J connectivity index is 1.00. The zero-order valence-electron chi connectivity index (χ0n) is 37.3. The van der Waals surface area contributed by atoms with E-state index in [1.54, 1.807) is 0 Å². The van der Waals surface area contributed by atoms with Crippen LogP contribution >= 0.6 is 0 Å². The van der Waals surface area contributed by atoms with Crippen molar-refractivity contribution in [3.8, 4) is 77.9 Å². The van der Waals surface area contributed by atoms with Crippen molar-refractivity contribution < 1.29 is 4.42 Å². The highest BCUT2D eigenvalue weighted by Crippen LogP contribution is 2.46. The Morgan fingerprint density at radius 1 is 0.235 bits per heavy atom. The smallest absolute Gasteiger partial charge is 0.143 e. The van der Waals surface area contributed by atoms with E-state index >= 15 is 0 Å². The first-order valence-electron chi connectivity index (χ1n) is 23.2. The highest BCUT2D eigenvalue weighted by molar-refractivity contribution is 6.09. The summed E-state index contributed by atoms with van der Waals surface area (Å²) in [6.45, 7) is 0. The molecule has 320 valence electrons. The van der Waals surface area contributed by atoms with Crippen molar-refractivity contribution in [2.45, 2.75) is 0 Å². The minimum absolute atomic E-state index is 0.896. The Hall–Kier alpha value is -8.98. The molecule has 0 aliphatic rings. The molecule has 0 fully saturated rings. The summed E-state index contributed by atoms with van der Waals surface area (Å²) < 4.78 is 6.51. The first-order valence-corrected chi connectivity index (χ1v) is 23.2. The summed E-state index contributed by atoms with van der Waals surface area (Å²) >= 11 is 0. The highest BCUT2D eigenvalue weighted by atomic mass is 16.3. The molecule has 2 heteroatoms. The Morgan fingerprint density at radius 2 is 0.618 bits per heavy atom. The van der Waals surface area contributed by atoms with Gasteiger partial charge in [0.05, 0.1) is 5.69 Å². The lowest BCUT2D eigenvalue weighted by atomic mass is 9.88. The Kier molecular flexibility index (Phi) is 10.6. The molecule has 1 heterocycles. The number of benzene rings is 11. The average Bonchev–Trinajstić information content (AvgIpc) is 3.81. The van der Waals surface area contributed by atoms with Crippen LogP contribution in [0.5, 0.6) is 0 Å². The predicted octanol–water partition coefficient (Wildman–Crippen LogP) is 18.7. The van der Waals surface area contributed by atoms with E-state index in [1.165, 1.54) is 50.1 Å². The van der Waals surface area contributed by atoms with Crippen molar-refractivity contribution >= 4 is 39.0 Å². The molecule has 0 unspecified atom stereocenters. The number of hydrogen-bond acceptors (Lipinski definition) is 2. The molecule has 0 atom stereocenters. The predicted molar refractivity (Wildman–Crippen MR) is 286 cm³/mol. The zero-order chi connectivity index (χ0) is 45.2. The van der Waals surface area contributed by atoms with Crippen molar-refractivity contribution in [2.24, 2.45) is 0 Å². The number of fused-ring (bicyclic) bond motifs is 3. The quantitative estimate of drug-likeness (QED) is 0.136. The summed E-state index contributed by atoms with van der Waals surface area (Å²) in [7, 11) is 0. The van der Waals surface area contributed by atoms with Gasteiger partial charge in [0.1, 0.15) is 11.2 Å². The average molecular weight is 868 g/mol. The Morgan fingerprint density at radius 3 is 1.21 bits per heavy atom. The van der Waals surface area contributed by atoms with Gasteiger partial charge in [-0.25, -0.2) is 0 Å². The van der Waals surface area contributed by atoms with Crippen molar-refractivity contribution in [1.82, 2.24) is 0 Å².